The molecule has 0 saturated heterocycles. The second-order valence-corrected chi connectivity index (χ2v) is 4.64. The van der Waals surface area contributed by atoms with Crippen LogP contribution in [0, 0.1) is 11.3 Å². The van der Waals surface area contributed by atoms with Gasteiger partial charge in [-0.2, -0.15) is 5.26 Å². The molecule has 0 heterocycles. The number of nitrogens with zero attached hydrogens (tertiary/aromatic N) is 2. The molecule has 0 aromatic heterocycles. The summed E-state index contributed by atoms with van der Waals surface area (Å²) < 4.78 is 4.56. The molecule has 0 radical (unpaired) electrons. The number of amides is 1. The van der Waals surface area contributed by atoms with Crippen molar-refractivity contribution in [2.24, 2.45) is 0 Å². The van der Waals surface area contributed by atoms with Crippen LogP contribution in [0.3, 0.4) is 0 Å². The highest BCUT2D eigenvalue weighted by Crippen LogP contribution is 2.20. The second kappa shape index (κ2) is 8.25. The van der Waals surface area contributed by atoms with Crippen LogP contribution in [0.1, 0.15) is 12.5 Å². The Labute approximate surface area is 128 Å². The van der Waals surface area contributed by atoms with Gasteiger partial charge in [0.2, 0.25) is 5.91 Å². The highest BCUT2D eigenvalue weighted by molar-refractivity contribution is 6.32. The average molecular weight is 310 g/mol. The van der Waals surface area contributed by atoms with Gasteiger partial charge in [0.25, 0.3) is 0 Å². The summed E-state index contributed by atoms with van der Waals surface area (Å²) in [5, 5.41) is 11.7. The third-order valence-electron chi connectivity index (χ3n) is 2.77. The Morgan fingerprint density at radius 3 is 2.67 bits per heavy atom. The SMILES string of the molecule is CCN(CC(=O)Nc1ccc(C#N)c(Cl)c1)CC(=O)OC. The number of esters is 1. The van der Waals surface area contributed by atoms with Gasteiger partial charge in [0.1, 0.15) is 6.07 Å². The molecule has 0 fully saturated rings. The predicted molar refractivity (Wildman–Crippen MR) is 78.9 cm³/mol. The smallest absolute Gasteiger partial charge is 0.319 e. The first kappa shape index (κ1) is 17.0. The molecule has 0 aliphatic carbocycles. The van der Waals surface area contributed by atoms with Gasteiger partial charge in [-0.15, -0.1) is 0 Å². The first-order chi connectivity index (χ1) is 9.99. The van der Waals surface area contributed by atoms with Crippen LogP contribution < -0.4 is 5.32 Å². The summed E-state index contributed by atoms with van der Waals surface area (Å²) in [5.41, 5.74) is 0.841. The molecule has 1 aromatic rings. The monoisotopic (exact) mass is 309 g/mol. The van der Waals surface area contributed by atoms with Crippen LogP contribution in [0.25, 0.3) is 0 Å². The van der Waals surface area contributed by atoms with E-state index < -0.39 is 5.97 Å². The second-order valence-electron chi connectivity index (χ2n) is 4.23. The van der Waals surface area contributed by atoms with Gasteiger partial charge >= 0.3 is 5.97 Å². The van der Waals surface area contributed by atoms with Gasteiger partial charge in [-0.25, -0.2) is 0 Å². The van der Waals surface area contributed by atoms with E-state index in [4.69, 9.17) is 16.9 Å². The average Bonchev–Trinajstić information content (AvgIpc) is 2.46. The zero-order valence-electron chi connectivity index (χ0n) is 11.9. The fourth-order valence-electron chi connectivity index (χ4n) is 1.61. The summed E-state index contributed by atoms with van der Waals surface area (Å²) in [6.45, 7) is 2.49. The standard InChI is InChI=1S/C14H16ClN3O3/c1-3-18(9-14(20)21-2)8-13(19)17-11-5-4-10(7-16)12(15)6-11/h4-6H,3,8-9H2,1-2H3,(H,17,19). The van der Waals surface area contributed by atoms with Crippen molar-refractivity contribution >= 4 is 29.2 Å². The highest BCUT2D eigenvalue weighted by atomic mass is 35.5. The zero-order valence-corrected chi connectivity index (χ0v) is 12.6. The molecule has 0 aliphatic rings. The number of anilines is 1. The normalized spacial score (nSPS) is 10.0. The molecular formula is C14H16ClN3O3. The Balaban J connectivity index is 2.62. The molecule has 0 atom stereocenters. The molecule has 1 aromatic carbocycles. The van der Waals surface area contributed by atoms with Crippen molar-refractivity contribution in [2.75, 3.05) is 32.1 Å². The maximum Gasteiger partial charge on any atom is 0.319 e. The number of nitriles is 1. The van der Waals surface area contributed by atoms with Crippen molar-refractivity contribution in [2.45, 2.75) is 6.92 Å². The van der Waals surface area contributed by atoms with Crippen molar-refractivity contribution in [3.05, 3.63) is 28.8 Å². The molecule has 7 heteroatoms. The van der Waals surface area contributed by atoms with E-state index >= 15 is 0 Å². The molecule has 0 aliphatic heterocycles. The number of hydrogen-bond acceptors (Lipinski definition) is 5. The van der Waals surface area contributed by atoms with Crippen LogP contribution in [-0.2, 0) is 14.3 Å². The Morgan fingerprint density at radius 2 is 2.14 bits per heavy atom. The zero-order chi connectivity index (χ0) is 15.8. The maximum atomic E-state index is 11.9. The Kier molecular flexibility index (Phi) is 6.66. The van der Waals surface area contributed by atoms with E-state index in [1.54, 1.807) is 11.0 Å². The first-order valence-electron chi connectivity index (χ1n) is 6.28. The molecule has 0 unspecified atom stereocenters. The highest BCUT2D eigenvalue weighted by Gasteiger charge is 2.13. The largest absolute Gasteiger partial charge is 0.468 e. The number of nitrogens with one attached hydrogen (secondary N) is 1. The van der Waals surface area contributed by atoms with E-state index in [0.29, 0.717) is 17.8 Å². The molecule has 21 heavy (non-hydrogen) atoms. The minimum absolute atomic E-state index is 0.0501. The van der Waals surface area contributed by atoms with Crippen molar-refractivity contribution in [1.29, 1.82) is 5.26 Å². The van der Waals surface area contributed by atoms with Crippen molar-refractivity contribution in [3.63, 3.8) is 0 Å². The third kappa shape index (κ3) is 5.42. The van der Waals surface area contributed by atoms with Crippen LogP contribution in [-0.4, -0.2) is 43.5 Å². The van der Waals surface area contributed by atoms with Gasteiger partial charge in [0.15, 0.2) is 0 Å². The molecule has 0 spiro atoms. The van der Waals surface area contributed by atoms with Crippen molar-refractivity contribution in [1.82, 2.24) is 4.90 Å². The topological polar surface area (TPSA) is 82.4 Å². The van der Waals surface area contributed by atoms with Gasteiger partial charge in [-0.05, 0) is 24.7 Å². The van der Waals surface area contributed by atoms with Crippen LogP contribution >= 0.6 is 11.6 Å². The number of benzene rings is 1. The molecule has 1 N–H and O–H groups in total. The summed E-state index contributed by atoms with van der Waals surface area (Å²) in [4.78, 5) is 24.7. The number of carbonyl (C=O) groups is 2. The number of carbonyl (C=O) groups excluding carboxylic acids is 2. The summed E-state index contributed by atoms with van der Waals surface area (Å²) in [7, 11) is 1.30. The molecule has 0 saturated carbocycles. The lowest BCUT2D eigenvalue weighted by molar-refractivity contribution is -0.142. The lowest BCUT2D eigenvalue weighted by Crippen LogP contribution is -2.37. The van der Waals surface area contributed by atoms with Gasteiger partial charge < -0.3 is 10.1 Å². The number of hydrogen-bond donors (Lipinski definition) is 1. The molecule has 0 bridgehead atoms. The number of likely N-dealkylation sites (N-methyl/N-ethyl adjacent to an activating group) is 1. The molecule has 6 nitrogen and oxygen atoms in total. The third-order valence-corrected chi connectivity index (χ3v) is 3.08. The fraction of sp³-hybridized carbons (Fsp3) is 0.357. The van der Waals surface area contributed by atoms with E-state index in [1.165, 1.54) is 19.2 Å². The van der Waals surface area contributed by atoms with Gasteiger partial charge in [-0.3, -0.25) is 14.5 Å². The molecule has 1 rings (SSSR count). The van der Waals surface area contributed by atoms with Gasteiger partial charge in [-0.1, -0.05) is 18.5 Å². The Bertz CT molecular complexity index is 569. The lowest BCUT2D eigenvalue weighted by Gasteiger charge is -2.18. The molecule has 1 amide bonds. The van der Waals surface area contributed by atoms with Crippen LogP contribution in [0.5, 0.6) is 0 Å². The van der Waals surface area contributed by atoms with E-state index in [9.17, 15) is 9.59 Å². The quantitative estimate of drug-likeness (QED) is 0.808. The fourth-order valence-corrected chi connectivity index (χ4v) is 1.84. The van der Waals surface area contributed by atoms with E-state index in [2.05, 4.69) is 10.1 Å². The minimum atomic E-state index is -0.397. The number of rotatable bonds is 6. The lowest BCUT2D eigenvalue weighted by atomic mass is 10.2. The van der Waals surface area contributed by atoms with E-state index in [1.807, 2.05) is 13.0 Å². The maximum absolute atomic E-state index is 11.9. The number of halogens is 1. The summed E-state index contributed by atoms with van der Waals surface area (Å²) in [6.07, 6.45) is 0. The summed E-state index contributed by atoms with van der Waals surface area (Å²) >= 11 is 5.89. The predicted octanol–water partition coefficient (Wildman–Crippen LogP) is 1.65. The van der Waals surface area contributed by atoms with Gasteiger partial charge in [0, 0.05) is 5.69 Å². The summed E-state index contributed by atoms with van der Waals surface area (Å²) in [5.74, 6) is -0.674. The number of methoxy groups -OCH3 is 1. The van der Waals surface area contributed by atoms with Gasteiger partial charge in [0.05, 0.1) is 30.8 Å². The Hall–Kier alpha value is -2.10. The molecule has 112 valence electrons. The first-order valence-corrected chi connectivity index (χ1v) is 6.66. The van der Waals surface area contributed by atoms with Crippen molar-refractivity contribution < 1.29 is 14.3 Å². The van der Waals surface area contributed by atoms with Crippen LogP contribution in [0.4, 0.5) is 5.69 Å². The van der Waals surface area contributed by atoms with E-state index in [0.717, 1.165) is 0 Å². The summed E-state index contributed by atoms with van der Waals surface area (Å²) in [6, 6.07) is 6.58. The molecular weight excluding hydrogens is 294 g/mol. The van der Waals surface area contributed by atoms with Crippen LogP contribution in [0.2, 0.25) is 5.02 Å². The van der Waals surface area contributed by atoms with Crippen molar-refractivity contribution in [3.8, 4) is 6.07 Å². The minimum Gasteiger partial charge on any atom is -0.468 e. The Morgan fingerprint density at radius 1 is 1.43 bits per heavy atom. The number of ether oxygens (including phenoxy) is 1. The van der Waals surface area contributed by atoms with Crippen LogP contribution in [0.15, 0.2) is 18.2 Å². The van der Waals surface area contributed by atoms with E-state index in [-0.39, 0.29) is 24.0 Å².